The second-order valence-electron chi connectivity index (χ2n) is 6.54. The molecule has 0 spiro atoms. The lowest BCUT2D eigenvalue weighted by atomic mass is 10.1. The van der Waals surface area contributed by atoms with Crippen LogP contribution < -0.4 is 19.7 Å². The van der Waals surface area contributed by atoms with Crippen molar-refractivity contribution in [3.63, 3.8) is 0 Å². The van der Waals surface area contributed by atoms with Crippen molar-refractivity contribution in [1.82, 2.24) is 5.32 Å². The van der Waals surface area contributed by atoms with Crippen molar-refractivity contribution in [1.29, 1.82) is 0 Å². The van der Waals surface area contributed by atoms with Crippen molar-refractivity contribution in [3.05, 3.63) is 57.8 Å². The molecule has 2 amide bonds. The summed E-state index contributed by atoms with van der Waals surface area (Å²) in [7, 11) is 1.24. The number of hydrogen-bond donors (Lipinski definition) is 1. The predicted octanol–water partition coefficient (Wildman–Crippen LogP) is 3.37. The SMILES string of the molecule is CCOc1cc(/C=C2\C(=O)NC(=S)N(c3ccccc3F)C2=O)cc(Br)c1OCC(=O)OC. The molecule has 8 nitrogen and oxygen atoms in total. The number of anilines is 1. The number of hydrogen-bond acceptors (Lipinski definition) is 7. The summed E-state index contributed by atoms with van der Waals surface area (Å²) in [6.07, 6.45) is 1.32. The molecule has 1 aliphatic heterocycles. The summed E-state index contributed by atoms with van der Waals surface area (Å²) >= 11 is 8.44. The van der Waals surface area contributed by atoms with Crippen LogP contribution >= 0.6 is 28.1 Å². The van der Waals surface area contributed by atoms with Gasteiger partial charge in [0.2, 0.25) is 0 Å². The van der Waals surface area contributed by atoms with Crippen LogP contribution in [0.4, 0.5) is 10.1 Å². The summed E-state index contributed by atoms with van der Waals surface area (Å²) in [5.41, 5.74) is 0.0705. The number of halogens is 2. The van der Waals surface area contributed by atoms with Crippen molar-refractivity contribution < 1.29 is 33.0 Å². The van der Waals surface area contributed by atoms with Gasteiger partial charge in [-0.3, -0.25) is 14.9 Å². The van der Waals surface area contributed by atoms with E-state index >= 15 is 0 Å². The quantitative estimate of drug-likeness (QED) is 0.251. The molecule has 1 fully saturated rings. The van der Waals surface area contributed by atoms with Gasteiger partial charge in [-0.2, -0.15) is 0 Å². The molecule has 2 aromatic carbocycles. The van der Waals surface area contributed by atoms with E-state index in [0.717, 1.165) is 4.90 Å². The highest BCUT2D eigenvalue weighted by atomic mass is 79.9. The monoisotopic (exact) mass is 536 g/mol. The Labute approximate surface area is 202 Å². The molecule has 1 heterocycles. The minimum absolute atomic E-state index is 0.0823. The molecule has 0 radical (unpaired) electrons. The first kappa shape index (κ1) is 24.3. The maximum Gasteiger partial charge on any atom is 0.343 e. The van der Waals surface area contributed by atoms with Crippen LogP contribution in [0.25, 0.3) is 6.08 Å². The van der Waals surface area contributed by atoms with Gasteiger partial charge in [0.25, 0.3) is 11.8 Å². The number of nitrogens with zero attached hydrogens (tertiary/aromatic N) is 1. The Hall–Kier alpha value is -3.31. The molecule has 0 atom stereocenters. The van der Waals surface area contributed by atoms with E-state index in [2.05, 4.69) is 26.0 Å². The number of para-hydroxylation sites is 1. The van der Waals surface area contributed by atoms with Gasteiger partial charge in [-0.05, 0) is 71.0 Å². The molecule has 33 heavy (non-hydrogen) atoms. The zero-order chi connectivity index (χ0) is 24.1. The zero-order valence-electron chi connectivity index (χ0n) is 17.5. The number of carbonyl (C=O) groups excluding carboxylic acids is 3. The largest absolute Gasteiger partial charge is 0.490 e. The van der Waals surface area contributed by atoms with Gasteiger partial charge in [-0.15, -0.1) is 0 Å². The van der Waals surface area contributed by atoms with Crippen molar-refractivity contribution in [2.24, 2.45) is 0 Å². The molecular weight excluding hydrogens is 519 g/mol. The molecule has 1 saturated heterocycles. The number of ether oxygens (including phenoxy) is 3. The van der Waals surface area contributed by atoms with E-state index in [9.17, 15) is 18.8 Å². The number of rotatable bonds is 7. The minimum atomic E-state index is -0.783. The number of thiocarbonyl (C=S) groups is 1. The van der Waals surface area contributed by atoms with Crippen molar-refractivity contribution in [2.75, 3.05) is 25.2 Å². The maximum atomic E-state index is 14.3. The van der Waals surface area contributed by atoms with E-state index in [-0.39, 0.29) is 41.1 Å². The number of carbonyl (C=O) groups is 3. The topological polar surface area (TPSA) is 94.2 Å². The molecular formula is C22H18BrFN2O6S. The Morgan fingerprint density at radius 2 is 1.97 bits per heavy atom. The first-order valence-electron chi connectivity index (χ1n) is 9.58. The summed E-state index contributed by atoms with van der Waals surface area (Å²) in [5.74, 6) is -2.24. The van der Waals surface area contributed by atoms with Crippen LogP contribution in [-0.2, 0) is 19.1 Å². The van der Waals surface area contributed by atoms with E-state index in [1.165, 1.54) is 37.5 Å². The Kier molecular flexibility index (Phi) is 7.77. The van der Waals surface area contributed by atoms with Crippen molar-refractivity contribution in [2.45, 2.75) is 6.92 Å². The molecule has 1 aliphatic rings. The number of amides is 2. The van der Waals surface area contributed by atoms with Crippen molar-refractivity contribution in [3.8, 4) is 11.5 Å². The van der Waals surface area contributed by atoms with Gasteiger partial charge in [0.05, 0.1) is 23.9 Å². The molecule has 0 aliphatic carbocycles. The maximum absolute atomic E-state index is 14.3. The third-order valence-electron chi connectivity index (χ3n) is 4.40. The smallest absolute Gasteiger partial charge is 0.343 e. The summed E-state index contributed by atoms with van der Waals surface area (Å²) in [6, 6.07) is 8.70. The Morgan fingerprint density at radius 3 is 2.64 bits per heavy atom. The highest BCUT2D eigenvalue weighted by molar-refractivity contribution is 9.10. The average Bonchev–Trinajstić information content (AvgIpc) is 2.77. The van der Waals surface area contributed by atoms with Crippen LogP contribution in [0.2, 0.25) is 0 Å². The molecule has 0 saturated carbocycles. The number of nitrogens with one attached hydrogen (secondary N) is 1. The molecule has 0 aromatic heterocycles. The third kappa shape index (κ3) is 5.37. The second kappa shape index (κ2) is 10.5. The third-order valence-corrected chi connectivity index (χ3v) is 5.27. The molecule has 0 bridgehead atoms. The van der Waals surface area contributed by atoms with Crippen LogP contribution in [-0.4, -0.2) is 43.2 Å². The van der Waals surface area contributed by atoms with Gasteiger partial charge in [-0.1, -0.05) is 12.1 Å². The molecule has 2 aromatic rings. The number of benzene rings is 2. The summed E-state index contributed by atoms with van der Waals surface area (Å²) in [5, 5.41) is 2.18. The van der Waals surface area contributed by atoms with E-state index in [4.69, 9.17) is 21.7 Å². The van der Waals surface area contributed by atoms with Crippen LogP contribution in [0.1, 0.15) is 12.5 Å². The highest BCUT2D eigenvalue weighted by Gasteiger charge is 2.35. The minimum Gasteiger partial charge on any atom is -0.490 e. The van der Waals surface area contributed by atoms with Gasteiger partial charge < -0.3 is 14.2 Å². The average molecular weight is 537 g/mol. The van der Waals surface area contributed by atoms with E-state index in [0.29, 0.717) is 10.0 Å². The van der Waals surface area contributed by atoms with Crippen LogP contribution in [0.3, 0.4) is 0 Å². The van der Waals surface area contributed by atoms with E-state index in [1.807, 2.05) is 0 Å². The molecule has 1 N–H and O–H groups in total. The van der Waals surface area contributed by atoms with Gasteiger partial charge >= 0.3 is 5.97 Å². The summed E-state index contributed by atoms with van der Waals surface area (Å²) in [4.78, 5) is 38.0. The lowest BCUT2D eigenvalue weighted by molar-refractivity contribution is -0.143. The first-order valence-corrected chi connectivity index (χ1v) is 10.8. The fourth-order valence-corrected chi connectivity index (χ4v) is 3.79. The lowest BCUT2D eigenvalue weighted by Gasteiger charge is -2.29. The molecule has 0 unspecified atom stereocenters. The Morgan fingerprint density at radius 1 is 1.24 bits per heavy atom. The van der Waals surface area contributed by atoms with Crippen LogP contribution in [0, 0.1) is 5.82 Å². The van der Waals surface area contributed by atoms with Gasteiger partial charge in [0.15, 0.2) is 23.2 Å². The van der Waals surface area contributed by atoms with E-state index in [1.54, 1.807) is 19.1 Å². The Balaban J connectivity index is 2.00. The summed E-state index contributed by atoms with van der Waals surface area (Å²) < 4.78 is 30.4. The van der Waals surface area contributed by atoms with E-state index < -0.39 is 23.6 Å². The first-order chi connectivity index (χ1) is 15.8. The summed E-state index contributed by atoms with van der Waals surface area (Å²) in [6.45, 7) is 1.70. The number of methoxy groups -OCH3 is 1. The highest BCUT2D eigenvalue weighted by Crippen LogP contribution is 2.38. The molecule has 3 rings (SSSR count). The molecule has 172 valence electrons. The second-order valence-corrected chi connectivity index (χ2v) is 7.78. The van der Waals surface area contributed by atoms with Crippen molar-refractivity contribution >= 4 is 62.8 Å². The Bertz CT molecular complexity index is 1170. The van der Waals surface area contributed by atoms with Gasteiger partial charge in [-0.25, -0.2) is 14.1 Å². The predicted molar refractivity (Wildman–Crippen MR) is 125 cm³/mol. The molecule has 11 heteroatoms. The fourth-order valence-electron chi connectivity index (χ4n) is 2.94. The lowest BCUT2D eigenvalue weighted by Crippen LogP contribution is -2.54. The standard InChI is InChI=1S/C22H18BrFN2O6S/c1-3-31-17-10-12(9-14(23)19(17)32-11-18(27)30-2)8-13-20(28)25-22(33)26(21(13)29)16-7-5-4-6-15(16)24/h4-10H,3,11H2,1-2H3,(H,25,28,33)/b13-8+. The van der Waals surface area contributed by atoms with Gasteiger partial charge in [0.1, 0.15) is 11.4 Å². The van der Waals surface area contributed by atoms with Crippen LogP contribution in [0.15, 0.2) is 46.4 Å². The number of esters is 1. The fraction of sp³-hybridized carbons (Fsp3) is 0.182. The van der Waals surface area contributed by atoms with Crippen LogP contribution in [0.5, 0.6) is 11.5 Å². The normalized spacial score (nSPS) is 14.8. The zero-order valence-corrected chi connectivity index (χ0v) is 19.9. The van der Waals surface area contributed by atoms with Gasteiger partial charge in [0, 0.05) is 0 Å².